The van der Waals surface area contributed by atoms with Crippen LogP contribution < -0.4 is 4.90 Å². The van der Waals surface area contributed by atoms with Crippen molar-refractivity contribution in [1.29, 1.82) is 5.26 Å². The Labute approximate surface area is 123 Å². The fraction of sp³-hybridized carbons (Fsp3) is 0.571. The van der Waals surface area contributed by atoms with E-state index in [4.69, 9.17) is 4.74 Å². The van der Waals surface area contributed by atoms with Crippen LogP contribution in [-0.2, 0) is 14.3 Å². The van der Waals surface area contributed by atoms with Gasteiger partial charge in [-0.1, -0.05) is 0 Å². The number of aryl methyl sites for hydroxylation is 1. The molecule has 0 bridgehead atoms. The van der Waals surface area contributed by atoms with Crippen molar-refractivity contribution in [2.45, 2.75) is 26.4 Å². The van der Waals surface area contributed by atoms with Crippen LogP contribution in [-0.4, -0.2) is 49.1 Å². The van der Waals surface area contributed by atoms with E-state index >= 15 is 0 Å². The van der Waals surface area contributed by atoms with Gasteiger partial charge in [0.25, 0.3) is 0 Å². The first-order valence-electron chi connectivity index (χ1n) is 6.74. The number of morpholine rings is 1. The molecule has 1 atom stereocenters. The van der Waals surface area contributed by atoms with Gasteiger partial charge in [0.05, 0.1) is 31.9 Å². The van der Waals surface area contributed by atoms with Crippen LogP contribution in [0, 0.1) is 25.2 Å². The van der Waals surface area contributed by atoms with Gasteiger partial charge in [-0.15, -0.1) is 5.10 Å². The summed E-state index contributed by atoms with van der Waals surface area (Å²) in [7, 11) is 1.35. The number of aromatic nitrogens is 2. The second-order valence-corrected chi connectivity index (χ2v) is 4.94. The molecular formula is C14H18N4O3. The van der Waals surface area contributed by atoms with Gasteiger partial charge in [-0.2, -0.15) is 10.4 Å². The Kier molecular flexibility index (Phi) is 4.70. The topological polar surface area (TPSA) is 88.3 Å². The summed E-state index contributed by atoms with van der Waals surface area (Å²) in [6.07, 6.45) is -0.0752. The fourth-order valence-electron chi connectivity index (χ4n) is 2.26. The van der Waals surface area contributed by atoms with Crippen LogP contribution in [0.4, 0.5) is 5.82 Å². The monoisotopic (exact) mass is 290 g/mol. The highest BCUT2D eigenvalue weighted by atomic mass is 16.5. The molecule has 0 aromatic carbocycles. The SMILES string of the molecule is COC(=O)CC1CN(c2nnc(C)c(C)c2C#N)CCO1. The molecule has 0 spiro atoms. The third kappa shape index (κ3) is 3.28. The van der Waals surface area contributed by atoms with Gasteiger partial charge >= 0.3 is 5.97 Å². The first-order chi connectivity index (χ1) is 10.1. The molecule has 1 aliphatic heterocycles. The van der Waals surface area contributed by atoms with Gasteiger partial charge in [-0.25, -0.2) is 0 Å². The van der Waals surface area contributed by atoms with Crippen molar-refractivity contribution in [2.75, 3.05) is 31.7 Å². The van der Waals surface area contributed by atoms with Gasteiger partial charge in [0.2, 0.25) is 0 Å². The molecule has 2 heterocycles. The lowest BCUT2D eigenvalue weighted by Crippen LogP contribution is -2.44. The van der Waals surface area contributed by atoms with Crippen LogP contribution in [0.1, 0.15) is 23.2 Å². The summed E-state index contributed by atoms with van der Waals surface area (Å²) in [4.78, 5) is 13.3. The maximum atomic E-state index is 11.3. The summed E-state index contributed by atoms with van der Waals surface area (Å²) >= 11 is 0. The molecule has 1 saturated heterocycles. The average molecular weight is 290 g/mol. The standard InChI is InChI=1S/C14H18N4O3/c1-9-10(2)16-17-14(12(9)7-15)18-4-5-21-11(8-18)6-13(19)20-3/h11H,4-6,8H2,1-3H3. The van der Waals surface area contributed by atoms with Crippen LogP contribution >= 0.6 is 0 Å². The highest BCUT2D eigenvalue weighted by molar-refractivity contribution is 5.70. The minimum absolute atomic E-state index is 0.188. The lowest BCUT2D eigenvalue weighted by atomic mass is 10.1. The zero-order valence-electron chi connectivity index (χ0n) is 12.4. The first kappa shape index (κ1) is 15.2. The van der Waals surface area contributed by atoms with Crippen LogP contribution in [0.5, 0.6) is 0 Å². The van der Waals surface area contributed by atoms with Gasteiger partial charge < -0.3 is 14.4 Å². The predicted octanol–water partition coefficient (Wildman–Crippen LogP) is 0.733. The number of ether oxygens (including phenoxy) is 2. The normalized spacial score (nSPS) is 18.2. The Balaban J connectivity index is 2.20. The number of nitrogens with zero attached hydrogens (tertiary/aromatic N) is 4. The minimum atomic E-state index is -0.312. The van der Waals surface area contributed by atoms with E-state index in [1.165, 1.54) is 7.11 Å². The average Bonchev–Trinajstić information content (AvgIpc) is 2.50. The van der Waals surface area contributed by atoms with Crippen molar-refractivity contribution in [2.24, 2.45) is 0 Å². The lowest BCUT2D eigenvalue weighted by Gasteiger charge is -2.33. The number of esters is 1. The van der Waals surface area contributed by atoms with E-state index in [0.717, 1.165) is 11.3 Å². The quantitative estimate of drug-likeness (QED) is 0.758. The molecule has 1 aromatic heterocycles. The Morgan fingerprint density at radius 2 is 2.29 bits per heavy atom. The third-order valence-corrected chi connectivity index (χ3v) is 3.61. The van der Waals surface area contributed by atoms with Crippen LogP contribution in [0.2, 0.25) is 0 Å². The Morgan fingerprint density at radius 3 is 2.95 bits per heavy atom. The van der Waals surface area contributed by atoms with E-state index in [2.05, 4.69) is 21.0 Å². The zero-order chi connectivity index (χ0) is 15.4. The maximum Gasteiger partial charge on any atom is 0.308 e. The van der Waals surface area contributed by atoms with Crippen molar-refractivity contribution < 1.29 is 14.3 Å². The summed E-state index contributed by atoms with van der Waals surface area (Å²) in [5.74, 6) is 0.243. The number of anilines is 1. The molecule has 1 unspecified atom stereocenters. The highest BCUT2D eigenvalue weighted by Gasteiger charge is 2.26. The molecule has 1 aromatic rings. The molecule has 7 heteroatoms. The van der Waals surface area contributed by atoms with E-state index in [0.29, 0.717) is 31.1 Å². The number of carbonyl (C=O) groups excluding carboxylic acids is 1. The molecule has 112 valence electrons. The number of hydrogen-bond donors (Lipinski definition) is 0. The van der Waals surface area contributed by atoms with E-state index in [1.807, 2.05) is 18.7 Å². The van der Waals surface area contributed by atoms with E-state index in [1.54, 1.807) is 0 Å². The van der Waals surface area contributed by atoms with Gasteiger partial charge in [0, 0.05) is 13.1 Å². The molecule has 0 amide bonds. The number of methoxy groups -OCH3 is 1. The highest BCUT2D eigenvalue weighted by Crippen LogP contribution is 2.23. The third-order valence-electron chi connectivity index (χ3n) is 3.61. The molecule has 7 nitrogen and oxygen atoms in total. The summed E-state index contributed by atoms with van der Waals surface area (Å²) in [6.45, 7) is 5.26. The fourth-order valence-corrected chi connectivity index (χ4v) is 2.26. The van der Waals surface area contributed by atoms with Crippen LogP contribution in [0.15, 0.2) is 0 Å². The van der Waals surface area contributed by atoms with Crippen molar-refractivity contribution >= 4 is 11.8 Å². The number of hydrogen-bond acceptors (Lipinski definition) is 7. The van der Waals surface area contributed by atoms with Gasteiger partial charge in [0.1, 0.15) is 11.6 Å². The smallest absolute Gasteiger partial charge is 0.308 e. The molecule has 2 rings (SSSR count). The van der Waals surface area contributed by atoms with Crippen LogP contribution in [0.3, 0.4) is 0 Å². The van der Waals surface area contributed by atoms with E-state index in [9.17, 15) is 10.1 Å². The summed E-state index contributed by atoms with van der Waals surface area (Å²) in [5.41, 5.74) is 2.11. The predicted molar refractivity (Wildman–Crippen MR) is 74.8 cm³/mol. The molecule has 1 fully saturated rings. The van der Waals surface area contributed by atoms with Gasteiger partial charge in [0.15, 0.2) is 5.82 Å². The number of nitriles is 1. The van der Waals surface area contributed by atoms with E-state index < -0.39 is 0 Å². The number of rotatable bonds is 3. The molecule has 0 radical (unpaired) electrons. The zero-order valence-corrected chi connectivity index (χ0v) is 12.4. The molecular weight excluding hydrogens is 272 g/mol. The summed E-state index contributed by atoms with van der Waals surface area (Å²) < 4.78 is 10.2. The Hall–Kier alpha value is -2.20. The first-order valence-corrected chi connectivity index (χ1v) is 6.74. The maximum absolute atomic E-state index is 11.3. The van der Waals surface area contributed by atoms with Crippen molar-refractivity contribution in [1.82, 2.24) is 10.2 Å². The van der Waals surface area contributed by atoms with Crippen molar-refractivity contribution in [3.8, 4) is 6.07 Å². The summed E-state index contributed by atoms with van der Waals surface area (Å²) in [6, 6.07) is 2.19. The molecule has 1 aliphatic rings. The Bertz CT molecular complexity index is 582. The van der Waals surface area contributed by atoms with E-state index in [-0.39, 0.29) is 18.5 Å². The Morgan fingerprint density at radius 1 is 1.52 bits per heavy atom. The number of carbonyl (C=O) groups is 1. The molecule has 21 heavy (non-hydrogen) atoms. The van der Waals surface area contributed by atoms with Crippen molar-refractivity contribution in [3.63, 3.8) is 0 Å². The molecule has 0 aliphatic carbocycles. The van der Waals surface area contributed by atoms with Gasteiger partial charge in [-0.05, 0) is 19.4 Å². The van der Waals surface area contributed by atoms with Crippen LogP contribution in [0.25, 0.3) is 0 Å². The molecule has 0 N–H and O–H groups in total. The second kappa shape index (κ2) is 6.50. The van der Waals surface area contributed by atoms with Crippen molar-refractivity contribution in [3.05, 3.63) is 16.8 Å². The largest absolute Gasteiger partial charge is 0.469 e. The summed E-state index contributed by atoms with van der Waals surface area (Å²) in [5, 5.41) is 17.6. The second-order valence-electron chi connectivity index (χ2n) is 4.94. The molecule has 0 saturated carbocycles. The minimum Gasteiger partial charge on any atom is -0.469 e. The van der Waals surface area contributed by atoms with Gasteiger partial charge in [-0.3, -0.25) is 4.79 Å². The lowest BCUT2D eigenvalue weighted by molar-refractivity contribution is -0.144.